The maximum atomic E-state index is 11.7. The third kappa shape index (κ3) is 5.65. The molecule has 23 heavy (non-hydrogen) atoms. The van der Waals surface area contributed by atoms with Gasteiger partial charge in [-0.1, -0.05) is 12.1 Å². The molecule has 3 N–H and O–H groups in total. The number of hydrogen-bond donors (Lipinski definition) is 3. The molecule has 0 spiro atoms. The third-order valence-electron chi connectivity index (χ3n) is 3.18. The Morgan fingerprint density at radius 1 is 1.30 bits per heavy atom. The van der Waals surface area contributed by atoms with Crippen LogP contribution in [0.2, 0.25) is 0 Å². The van der Waals surface area contributed by atoms with Crippen molar-refractivity contribution < 1.29 is 9.53 Å². The number of benzene rings is 1. The number of rotatable bonds is 5. The second-order valence-corrected chi connectivity index (χ2v) is 6.43. The summed E-state index contributed by atoms with van der Waals surface area (Å²) in [6.45, 7) is 8.64. The van der Waals surface area contributed by atoms with E-state index in [9.17, 15) is 4.79 Å². The number of hydrogen-bond acceptors (Lipinski definition) is 4. The van der Waals surface area contributed by atoms with Crippen molar-refractivity contribution in [3.05, 3.63) is 47.3 Å². The lowest BCUT2D eigenvalue weighted by Crippen LogP contribution is -2.32. The molecule has 0 unspecified atom stereocenters. The van der Waals surface area contributed by atoms with Crippen LogP contribution in [-0.4, -0.2) is 21.9 Å². The summed E-state index contributed by atoms with van der Waals surface area (Å²) in [5.74, 6) is 0. The molecular weight excluding hydrogens is 292 g/mol. The number of carbonyl (C=O) groups is 1. The van der Waals surface area contributed by atoms with Gasteiger partial charge in [0.2, 0.25) is 0 Å². The van der Waals surface area contributed by atoms with Gasteiger partial charge in [-0.2, -0.15) is 5.10 Å². The highest BCUT2D eigenvalue weighted by atomic mass is 16.6. The van der Waals surface area contributed by atoms with Gasteiger partial charge in [-0.3, -0.25) is 5.10 Å². The number of ether oxygens (including phenoxy) is 1. The van der Waals surface area contributed by atoms with Crippen molar-refractivity contribution in [1.82, 2.24) is 15.5 Å². The summed E-state index contributed by atoms with van der Waals surface area (Å²) in [7, 11) is 0. The van der Waals surface area contributed by atoms with Crippen molar-refractivity contribution in [3.8, 4) is 0 Å². The molecule has 2 aromatic rings. The highest BCUT2D eigenvalue weighted by Gasteiger charge is 2.15. The predicted molar refractivity (Wildman–Crippen MR) is 90.2 cm³/mol. The van der Waals surface area contributed by atoms with Crippen molar-refractivity contribution in [2.45, 2.75) is 46.4 Å². The summed E-state index contributed by atoms with van der Waals surface area (Å²) >= 11 is 0. The molecule has 1 heterocycles. The van der Waals surface area contributed by atoms with Crippen LogP contribution in [0.3, 0.4) is 0 Å². The standard InChI is InChI=1S/C17H24N4O2/c1-12-14(11-20-21-12)10-18-15-7-5-6-13(8-15)9-19-16(22)23-17(2,3)4/h5-8,11,18H,9-10H2,1-4H3,(H,19,22)(H,20,21). The van der Waals surface area contributed by atoms with Crippen LogP contribution in [0.15, 0.2) is 30.5 Å². The number of H-pyrrole nitrogens is 1. The first-order valence-electron chi connectivity index (χ1n) is 7.62. The van der Waals surface area contributed by atoms with E-state index >= 15 is 0 Å². The largest absolute Gasteiger partial charge is 0.444 e. The Hall–Kier alpha value is -2.50. The molecule has 124 valence electrons. The van der Waals surface area contributed by atoms with E-state index in [1.165, 1.54) is 0 Å². The van der Waals surface area contributed by atoms with E-state index in [2.05, 4.69) is 20.8 Å². The number of amides is 1. The summed E-state index contributed by atoms with van der Waals surface area (Å²) in [6, 6.07) is 7.92. The fourth-order valence-electron chi connectivity index (χ4n) is 2.03. The normalized spacial score (nSPS) is 11.1. The molecule has 0 bridgehead atoms. The number of carbonyl (C=O) groups excluding carboxylic acids is 1. The first-order chi connectivity index (χ1) is 10.8. The molecule has 1 aromatic carbocycles. The van der Waals surface area contributed by atoms with Gasteiger partial charge < -0.3 is 15.4 Å². The molecule has 0 fully saturated rings. The number of nitrogens with one attached hydrogen (secondary N) is 3. The highest BCUT2D eigenvalue weighted by molar-refractivity contribution is 5.67. The van der Waals surface area contributed by atoms with Crippen LogP contribution in [0.1, 0.15) is 37.6 Å². The second kappa shape index (κ2) is 7.17. The lowest BCUT2D eigenvalue weighted by Gasteiger charge is -2.19. The number of aromatic amines is 1. The van der Waals surface area contributed by atoms with Gasteiger partial charge >= 0.3 is 6.09 Å². The minimum absolute atomic E-state index is 0.412. The summed E-state index contributed by atoms with van der Waals surface area (Å²) in [4.78, 5) is 11.7. The molecule has 2 rings (SSSR count). The third-order valence-corrected chi connectivity index (χ3v) is 3.18. The molecule has 6 nitrogen and oxygen atoms in total. The minimum Gasteiger partial charge on any atom is -0.444 e. The fraction of sp³-hybridized carbons (Fsp3) is 0.412. The van der Waals surface area contributed by atoms with Crippen LogP contribution in [0, 0.1) is 6.92 Å². The van der Waals surface area contributed by atoms with Gasteiger partial charge in [-0.25, -0.2) is 4.79 Å². The zero-order valence-corrected chi connectivity index (χ0v) is 14.1. The summed E-state index contributed by atoms with van der Waals surface area (Å²) in [6.07, 6.45) is 1.40. The highest BCUT2D eigenvalue weighted by Crippen LogP contribution is 2.13. The number of anilines is 1. The number of alkyl carbamates (subject to hydrolysis) is 1. The quantitative estimate of drug-likeness (QED) is 0.790. The van der Waals surface area contributed by atoms with E-state index in [1.54, 1.807) is 0 Å². The Morgan fingerprint density at radius 2 is 2.09 bits per heavy atom. The van der Waals surface area contributed by atoms with Crippen molar-refractivity contribution in [3.63, 3.8) is 0 Å². The molecule has 6 heteroatoms. The van der Waals surface area contributed by atoms with Crippen LogP contribution in [0.5, 0.6) is 0 Å². The van der Waals surface area contributed by atoms with E-state index in [1.807, 2.05) is 58.2 Å². The molecule has 0 aliphatic heterocycles. The van der Waals surface area contributed by atoms with Crippen LogP contribution in [-0.2, 0) is 17.8 Å². The topological polar surface area (TPSA) is 79.0 Å². The summed E-state index contributed by atoms with van der Waals surface area (Å²) in [5, 5.41) is 13.0. The van der Waals surface area contributed by atoms with Gasteiger partial charge in [0, 0.05) is 30.0 Å². The molecule has 0 saturated carbocycles. The molecule has 1 amide bonds. The van der Waals surface area contributed by atoms with Crippen molar-refractivity contribution >= 4 is 11.8 Å². The first-order valence-corrected chi connectivity index (χ1v) is 7.62. The van der Waals surface area contributed by atoms with Gasteiger partial charge in [0.15, 0.2) is 0 Å². The number of aryl methyl sites for hydroxylation is 1. The van der Waals surface area contributed by atoms with E-state index in [4.69, 9.17) is 4.74 Å². The average molecular weight is 316 g/mol. The second-order valence-electron chi connectivity index (χ2n) is 6.43. The molecular formula is C17H24N4O2. The van der Waals surface area contributed by atoms with Crippen LogP contribution in [0.4, 0.5) is 10.5 Å². The maximum absolute atomic E-state index is 11.7. The minimum atomic E-state index is -0.490. The Balaban J connectivity index is 1.87. The van der Waals surface area contributed by atoms with Gasteiger partial charge in [0.05, 0.1) is 6.20 Å². The van der Waals surface area contributed by atoms with E-state index < -0.39 is 11.7 Å². The Kier molecular flexibility index (Phi) is 5.26. The molecule has 1 aromatic heterocycles. The average Bonchev–Trinajstić information content (AvgIpc) is 2.87. The zero-order chi connectivity index (χ0) is 16.9. The number of aromatic nitrogens is 2. The molecule has 0 saturated heterocycles. The van der Waals surface area contributed by atoms with E-state index in [0.29, 0.717) is 13.1 Å². The Labute approximate surface area is 136 Å². The fourth-order valence-corrected chi connectivity index (χ4v) is 2.03. The zero-order valence-electron chi connectivity index (χ0n) is 14.1. The molecule has 0 radical (unpaired) electrons. The summed E-state index contributed by atoms with van der Waals surface area (Å²) in [5.41, 5.74) is 3.69. The Morgan fingerprint density at radius 3 is 2.74 bits per heavy atom. The smallest absolute Gasteiger partial charge is 0.407 e. The van der Waals surface area contributed by atoms with Crippen LogP contribution in [0.25, 0.3) is 0 Å². The Bertz CT molecular complexity index is 659. The van der Waals surface area contributed by atoms with Gasteiger partial charge in [0.25, 0.3) is 0 Å². The van der Waals surface area contributed by atoms with Crippen molar-refractivity contribution in [1.29, 1.82) is 0 Å². The maximum Gasteiger partial charge on any atom is 0.407 e. The number of nitrogens with zero attached hydrogens (tertiary/aromatic N) is 1. The monoisotopic (exact) mass is 316 g/mol. The lowest BCUT2D eigenvalue weighted by molar-refractivity contribution is 0.0523. The first kappa shape index (κ1) is 16.9. The van der Waals surface area contributed by atoms with Gasteiger partial charge in [-0.05, 0) is 45.4 Å². The SMILES string of the molecule is Cc1[nH]ncc1CNc1cccc(CNC(=O)OC(C)(C)C)c1. The van der Waals surface area contributed by atoms with Gasteiger partial charge in [-0.15, -0.1) is 0 Å². The van der Waals surface area contributed by atoms with Gasteiger partial charge in [0.1, 0.15) is 5.60 Å². The van der Waals surface area contributed by atoms with Crippen molar-refractivity contribution in [2.75, 3.05) is 5.32 Å². The van der Waals surface area contributed by atoms with Crippen LogP contribution >= 0.6 is 0 Å². The van der Waals surface area contributed by atoms with E-state index in [0.717, 1.165) is 22.5 Å². The predicted octanol–water partition coefficient (Wildman–Crippen LogP) is 3.35. The summed E-state index contributed by atoms with van der Waals surface area (Å²) < 4.78 is 5.22. The lowest BCUT2D eigenvalue weighted by atomic mass is 10.2. The van der Waals surface area contributed by atoms with E-state index in [-0.39, 0.29) is 0 Å². The molecule has 0 aliphatic rings. The van der Waals surface area contributed by atoms with Crippen LogP contribution < -0.4 is 10.6 Å². The molecule has 0 atom stereocenters. The van der Waals surface area contributed by atoms with Crippen molar-refractivity contribution in [2.24, 2.45) is 0 Å². The molecule has 0 aliphatic carbocycles.